The molecule has 0 aromatic rings. The Kier molecular flexibility index (Phi) is 7.06. The minimum Gasteiger partial charge on any atom is -0.313 e. The summed E-state index contributed by atoms with van der Waals surface area (Å²) in [7, 11) is 0. The van der Waals surface area contributed by atoms with E-state index in [-0.39, 0.29) is 0 Å². The number of piperidine rings is 1. The predicted molar refractivity (Wildman–Crippen MR) is 71.9 cm³/mol. The van der Waals surface area contributed by atoms with Crippen LogP contribution in [0.1, 0.15) is 59.3 Å². The molecular formula is C14H30N2. The first-order valence-electron chi connectivity index (χ1n) is 7.29. The van der Waals surface area contributed by atoms with Gasteiger partial charge in [0.1, 0.15) is 0 Å². The minimum atomic E-state index is 0.697. The zero-order valence-corrected chi connectivity index (χ0v) is 11.5. The highest BCUT2D eigenvalue weighted by Gasteiger charge is 2.23. The molecule has 0 radical (unpaired) electrons. The lowest BCUT2D eigenvalue weighted by atomic mass is 9.97. The monoisotopic (exact) mass is 226 g/mol. The second-order valence-corrected chi connectivity index (χ2v) is 5.10. The van der Waals surface area contributed by atoms with Crippen LogP contribution in [0.25, 0.3) is 0 Å². The van der Waals surface area contributed by atoms with Gasteiger partial charge in [-0.2, -0.15) is 0 Å². The SMILES string of the molecule is CCCC1CCCCN1CC(CC)NCC. The van der Waals surface area contributed by atoms with Crippen molar-refractivity contribution in [3.63, 3.8) is 0 Å². The van der Waals surface area contributed by atoms with Gasteiger partial charge in [-0.3, -0.25) is 4.90 Å². The van der Waals surface area contributed by atoms with Gasteiger partial charge in [0.25, 0.3) is 0 Å². The van der Waals surface area contributed by atoms with Crippen molar-refractivity contribution in [2.24, 2.45) is 0 Å². The van der Waals surface area contributed by atoms with Crippen LogP contribution in [-0.2, 0) is 0 Å². The Hall–Kier alpha value is -0.0800. The van der Waals surface area contributed by atoms with E-state index in [1.165, 1.54) is 51.6 Å². The van der Waals surface area contributed by atoms with Gasteiger partial charge < -0.3 is 5.32 Å². The van der Waals surface area contributed by atoms with Crippen LogP contribution in [0.4, 0.5) is 0 Å². The zero-order chi connectivity index (χ0) is 11.8. The van der Waals surface area contributed by atoms with E-state index in [2.05, 4.69) is 31.0 Å². The van der Waals surface area contributed by atoms with Crippen LogP contribution >= 0.6 is 0 Å². The lowest BCUT2D eigenvalue weighted by molar-refractivity contribution is 0.124. The number of hydrogen-bond donors (Lipinski definition) is 1. The van der Waals surface area contributed by atoms with Crippen molar-refractivity contribution >= 4 is 0 Å². The summed E-state index contributed by atoms with van der Waals surface area (Å²) < 4.78 is 0. The third-order valence-corrected chi connectivity index (χ3v) is 3.81. The molecule has 0 spiro atoms. The van der Waals surface area contributed by atoms with E-state index in [4.69, 9.17) is 0 Å². The van der Waals surface area contributed by atoms with Crippen molar-refractivity contribution < 1.29 is 0 Å². The van der Waals surface area contributed by atoms with E-state index in [0.717, 1.165) is 12.6 Å². The largest absolute Gasteiger partial charge is 0.313 e. The Bertz CT molecular complexity index is 168. The van der Waals surface area contributed by atoms with Gasteiger partial charge in [-0.15, -0.1) is 0 Å². The van der Waals surface area contributed by atoms with Gasteiger partial charge in [0.15, 0.2) is 0 Å². The maximum atomic E-state index is 3.60. The maximum absolute atomic E-state index is 3.60. The Morgan fingerprint density at radius 2 is 2.06 bits per heavy atom. The first-order chi connectivity index (χ1) is 7.81. The molecular weight excluding hydrogens is 196 g/mol. The van der Waals surface area contributed by atoms with Gasteiger partial charge in [-0.25, -0.2) is 0 Å². The number of rotatable bonds is 7. The van der Waals surface area contributed by atoms with Crippen molar-refractivity contribution in [1.82, 2.24) is 10.2 Å². The Labute approximate surface area is 102 Å². The fraction of sp³-hybridized carbons (Fsp3) is 1.00. The summed E-state index contributed by atoms with van der Waals surface area (Å²) in [6.07, 6.45) is 8.25. The molecule has 1 aliphatic heterocycles. The van der Waals surface area contributed by atoms with Gasteiger partial charge in [-0.05, 0) is 38.8 Å². The molecule has 2 nitrogen and oxygen atoms in total. The molecule has 2 unspecified atom stereocenters. The lowest BCUT2D eigenvalue weighted by Crippen LogP contribution is -2.47. The van der Waals surface area contributed by atoms with Crippen LogP contribution in [0.5, 0.6) is 0 Å². The summed E-state index contributed by atoms with van der Waals surface area (Å²) in [4.78, 5) is 2.74. The first kappa shape index (κ1) is 14.0. The highest BCUT2D eigenvalue weighted by Crippen LogP contribution is 2.21. The van der Waals surface area contributed by atoms with Crippen molar-refractivity contribution in [2.45, 2.75) is 71.4 Å². The normalized spacial score (nSPS) is 24.6. The molecule has 16 heavy (non-hydrogen) atoms. The van der Waals surface area contributed by atoms with Crippen LogP contribution in [0.3, 0.4) is 0 Å². The smallest absolute Gasteiger partial charge is 0.0192 e. The molecule has 1 rings (SSSR count). The second-order valence-electron chi connectivity index (χ2n) is 5.10. The van der Waals surface area contributed by atoms with Crippen LogP contribution in [0, 0.1) is 0 Å². The molecule has 0 aromatic heterocycles. The highest BCUT2D eigenvalue weighted by molar-refractivity contribution is 4.80. The molecule has 2 heteroatoms. The van der Waals surface area contributed by atoms with E-state index in [1.54, 1.807) is 0 Å². The average molecular weight is 226 g/mol. The molecule has 1 heterocycles. The molecule has 1 aliphatic rings. The second kappa shape index (κ2) is 8.08. The molecule has 0 saturated carbocycles. The number of nitrogens with one attached hydrogen (secondary N) is 1. The van der Waals surface area contributed by atoms with E-state index in [1.807, 2.05) is 0 Å². The lowest BCUT2D eigenvalue weighted by Gasteiger charge is -2.38. The summed E-state index contributed by atoms with van der Waals surface area (Å²) in [6, 6.07) is 1.56. The summed E-state index contributed by atoms with van der Waals surface area (Å²) >= 11 is 0. The van der Waals surface area contributed by atoms with E-state index < -0.39 is 0 Å². The van der Waals surface area contributed by atoms with Crippen LogP contribution in [0.15, 0.2) is 0 Å². The number of hydrogen-bond acceptors (Lipinski definition) is 2. The van der Waals surface area contributed by atoms with Gasteiger partial charge in [-0.1, -0.05) is 33.6 Å². The predicted octanol–water partition coefficient (Wildman–Crippen LogP) is 3.03. The zero-order valence-electron chi connectivity index (χ0n) is 11.5. The van der Waals surface area contributed by atoms with Gasteiger partial charge in [0, 0.05) is 18.6 Å². The fourth-order valence-electron chi connectivity index (χ4n) is 2.87. The van der Waals surface area contributed by atoms with Crippen molar-refractivity contribution in [3.8, 4) is 0 Å². The van der Waals surface area contributed by atoms with Gasteiger partial charge >= 0.3 is 0 Å². The van der Waals surface area contributed by atoms with Crippen LogP contribution < -0.4 is 5.32 Å². The van der Waals surface area contributed by atoms with Crippen molar-refractivity contribution in [2.75, 3.05) is 19.6 Å². The molecule has 0 aromatic carbocycles. The Morgan fingerprint density at radius 1 is 1.25 bits per heavy atom. The summed E-state index contributed by atoms with van der Waals surface area (Å²) in [5.41, 5.74) is 0. The molecule has 0 bridgehead atoms. The molecule has 1 N–H and O–H groups in total. The topological polar surface area (TPSA) is 15.3 Å². The first-order valence-corrected chi connectivity index (χ1v) is 7.29. The Morgan fingerprint density at radius 3 is 2.69 bits per heavy atom. The van der Waals surface area contributed by atoms with Gasteiger partial charge in [0.2, 0.25) is 0 Å². The standard InChI is InChI=1S/C14H30N2/c1-4-9-14-10-7-8-11-16(14)12-13(5-2)15-6-3/h13-15H,4-12H2,1-3H3. The molecule has 96 valence electrons. The van der Waals surface area contributed by atoms with Crippen molar-refractivity contribution in [3.05, 3.63) is 0 Å². The summed E-state index contributed by atoms with van der Waals surface area (Å²) in [5, 5.41) is 3.60. The number of likely N-dealkylation sites (N-methyl/N-ethyl adjacent to an activating group) is 1. The van der Waals surface area contributed by atoms with Crippen LogP contribution in [0.2, 0.25) is 0 Å². The fourth-order valence-corrected chi connectivity index (χ4v) is 2.87. The molecule has 0 aliphatic carbocycles. The molecule has 0 amide bonds. The third kappa shape index (κ3) is 4.42. The van der Waals surface area contributed by atoms with E-state index in [0.29, 0.717) is 6.04 Å². The maximum Gasteiger partial charge on any atom is 0.0192 e. The molecule has 2 atom stereocenters. The van der Waals surface area contributed by atoms with Crippen molar-refractivity contribution in [1.29, 1.82) is 0 Å². The number of likely N-dealkylation sites (tertiary alicyclic amines) is 1. The number of nitrogens with zero attached hydrogens (tertiary/aromatic N) is 1. The minimum absolute atomic E-state index is 0.697. The average Bonchev–Trinajstić information content (AvgIpc) is 2.31. The van der Waals surface area contributed by atoms with E-state index in [9.17, 15) is 0 Å². The third-order valence-electron chi connectivity index (χ3n) is 3.81. The highest BCUT2D eigenvalue weighted by atomic mass is 15.2. The van der Waals surface area contributed by atoms with Gasteiger partial charge in [0.05, 0.1) is 0 Å². The molecule has 1 fully saturated rings. The quantitative estimate of drug-likeness (QED) is 0.718. The summed E-state index contributed by atoms with van der Waals surface area (Å²) in [5.74, 6) is 0. The Balaban J connectivity index is 2.40. The molecule has 1 saturated heterocycles. The van der Waals surface area contributed by atoms with E-state index >= 15 is 0 Å². The van der Waals surface area contributed by atoms with Crippen LogP contribution in [-0.4, -0.2) is 36.6 Å². The summed E-state index contributed by atoms with van der Waals surface area (Å²) in [6.45, 7) is 10.5.